The minimum absolute atomic E-state index is 0.0264. The van der Waals surface area contributed by atoms with Gasteiger partial charge in [0.1, 0.15) is 18.9 Å². The number of fused-ring (bicyclic) bond motifs is 1. The number of aromatic nitrogens is 3. The molecular formula is C26H29N5O3. The third-order valence-corrected chi connectivity index (χ3v) is 5.95. The number of amides is 1. The molecule has 0 unspecified atom stereocenters. The first-order valence-corrected chi connectivity index (χ1v) is 11.3. The van der Waals surface area contributed by atoms with Gasteiger partial charge in [0, 0.05) is 11.4 Å². The largest absolute Gasteiger partial charge is 0.463 e. The number of anilines is 2. The van der Waals surface area contributed by atoms with Crippen molar-refractivity contribution in [3.63, 3.8) is 0 Å². The fourth-order valence-electron chi connectivity index (χ4n) is 4.24. The number of ether oxygens (including phenoxy) is 1. The van der Waals surface area contributed by atoms with Crippen LogP contribution in [0.15, 0.2) is 60.1 Å². The second-order valence-corrected chi connectivity index (χ2v) is 8.49. The maximum absolute atomic E-state index is 13.1. The second kappa shape index (κ2) is 9.51. The number of carbonyl (C=O) groups is 2. The van der Waals surface area contributed by atoms with Gasteiger partial charge in [0.15, 0.2) is 0 Å². The molecule has 1 N–H and O–H groups in total. The van der Waals surface area contributed by atoms with Crippen molar-refractivity contribution in [1.29, 1.82) is 0 Å². The Kier molecular flexibility index (Phi) is 6.49. The van der Waals surface area contributed by atoms with Crippen LogP contribution < -0.4 is 10.2 Å². The van der Waals surface area contributed by atoms with Crippen molar-refractivity contribution in [1.82, 2.24) is 14.8 Å². The highest BCUT2D eigenvalue weighted by Gasteiger charge is 2.38. The first-order chi connectivity index (χ1) is 16.3. The molecule has 4 rings (SSSR count). The molecule has 176 valence electrons. The summed E-state index contributed by atoms with van der Waals surface area (Å²) in [7, 11) is 0. The van der Waals surface area contributed by atoms with Crippen LogP contribution in [0, 0.1) is 20.8 Å². The van der Waals surface area contributed by atoms with Crippen molar-refractivity contribution in [2.45, 2.75) is 40.7 Å². The smallest absolute Gasteiger partial charge is 0.338 e. The Balaban J connectivity index is 1.72. The van der Waals surface area contributed by atoms with E-state index < -0.39 is 12.0 Å². The molecule has 0 radical (unpaired) electrons. The van der Waals surface area contributed by atoms with Gasteiger partial charge in [0.05, 0.1) is 12.2 Å². The maximum Gasteiger partial charge on any atom is 0.338 e. The highest BCUT2D eigenvalue weighted by atomic mass is 16.5. The van der Waals surface area contributed by atoms with Crippen LogP contribution in [0.1, 0.15) is 42.1 Å². The summed E-state index contributed by atoms with van der Waals surface area (Å²) < 4.78 is 7.08. The van der Waals surface area contributed by atoms with Crippen molar-refractivity contribution in [2.24, 2.45) is 0 Å². The minimum atomic E-state index is -0.504. The third-order valence-electron chi connectivity index (χ3n) is 5.95. The lowest BCUT2D eigenvalue weighted by molar-refractivity contribution is -0.139. The van der Waals surface area contributed by atoms with Gasteiger partial charge in [-0.05, 0) is 51.8 Å². The number of esters is 1. The zero-order chi connectivity index (χ0) is 24.4. The van der Waals surface area contributed by atoms with Crippen LogP contribution in [0.3, 0.4) is 0 Å². The Hall–Kier alpha value is -3.94. The zero-order valence-electron chi connectivity index (χ0n) is 20.1. The van der Waals surface area contributed by atoms with E-state index in [0.717, 1.165) is 27.9 Å². The number of nitrogens with zero attached hydrogens (tertiary/aromatic N) is 4. The normalized spacial score (nSPS) is 15.2. The van der Waals surface area contributed by atoms with Crippen LogP contribution >= 0.6 is 0 Å². The van der Waals surface area contributed by atoms with Crippen LogP contribution in [-0.2, 0) is 14.3 Å². The summed E-state index contributed by atoms with van der Waals surface area (Å²) in [4.78, 5) is 32.3. The summed E-state index contributed by atoms with van der Waals surface area (Å²) in [5.41, 5.74) is 5.90. The van der Waals surface area contributed by atoms with Gasteiger partial charge in [-0.25, -0.2) is 9.48 Å². The fourth-order valence-corrected chi connectivity index (χ4v) is 4.24. The topological polar surface area (TPSA) is 89.3 Å². The maximum atomic E-state index is 13.1. The Morgan fingerprint density at radius 3 is 2.41 bits per heavy atom. The molecule has 3 aromatic rings. The van der Waals surface area contributed by atoms with Crippen molar-refractivity contribution in [3.05, 3.63) is 82.3 Å². The highest BCUT2D eigenvalue weighted by molar-refractivity contribution is 5.97. The molecule has 0 fully saturated rings. The number of hydrogen-bond acceptors (Lipinski definition) is 6. The first-order valence-electron chi connectivity index (χ1n) is 11.3. The number of hydrogen-bond donors (Lipinski definition) is 1. The summed E-state index contributed by atoms with van der Waals surface area (Å²) in [6.07, 6.45) is 1.44. The van der Waals surface area contributed by atoms with E-state index in [1.807, 2.05) is 70.2 Å². The molecule has 0 spiro atoms. The minimum Gasteiger partial charge on any atom is -0.463 e. The third kappa shape index (κ3) is 4.44. The van der Waals surface area contributed by atoms with Crippen molar-refractivity contribution in [3.8, 4) is 0 Å². The second-order valence-electron chi connectivity index (χ2n) is 8.49. The van der Waals surface area contributed by atoms with Crippen LogP contribution in [0.2, 0.25) is 0 Å². The molecule has 2 heterocycles. The molecule has 1 aliphatic heterocycles. The lowest BCUT2D eigenvalue weighted by Crippen LogP contribution is -2.41. The van der Waals surface area contributed by atoms with E-state index in [9.17, 15) is 9.59 Å². The number of carbonyl (C=O) groups excluding carboxylic acids is 2. The number of aryl methyl sites for hydroxylation is 3. The molecule has 8 heteroatoms. The molecule has 8 nitrogen and oxygen atoms in total. The van der Waals surface area contributed by atoms with Crippen molar-refractivity contribution < 1.29 is 14.3 Å². The first kappa shape index (κ1) is 23.2. The predicted molar refractivity (Wildman–Crippen MR) is 131 cm³/mol. The van der Waals surface area contributed by atoms with E-state index in [2.05, 4.69) is 15.4 Å². The quantitative estimate of drug-likeness (QED) is 0.559. The molecule has 1 amide bonds. The van der Waals surface area contributed by atoms with Gasteiger partial charge in [0.25, 0.3) is 0 Å². The number of nitrogens with one attached hydrogen (secondary N) is 1. The SMILES string of the molecule is CCOC(=O)C1=C(C)N(CC(=O)Nc2ccc(C)cc2C)c2ncnn2[C@H]1c1ccc(C)cc1. The molecule has 1 aliphatic rings. The van der Waals surface area contributed by atoms with Crippen LogP contribution in [-0.4, -0.2) is 39.8 Å². The number of rotatable bonds is 6. The molecule has 0 aliphatic carbocycles. The van der Waals surface area contributed by atoms with E-state index in [4.69, 9.17) is 4.74 Å². The summed E-state index contributed by atoms with van der Waals surface area (Å²) in [6, 6.07) is 13.3. The van der Waals surface area contributed by atoms with E-state index in [0.29, 0.717) is 17.2 Å². The van der Waals surface area contributed by atoms with Crippen molar-refractivity contribution >= 4 is 23.5 Å². The molecule has 34 heavy (non-hydrogen) atoms. The molecule has 0 bridgehead atoms. The van der Waals surface area contributed by atoms with Gasteiger partial charge in [-0.3, -0.25) is 4.79 Å². The molecule has 0 saturated carbocycles. The zero-order valence-corrected chi connectivity index (χ0v) is 20.1. The predicted octanol–water partition coefficient (Wildman–Crippen LogP) is 4.09. The van der Waals surface area contributed by atoms with Gasteiger partial charge in [-0.15, -0.1) is 0 Å². The number of allylic oxidation sites excluding steroid dienone is 1. The van der Waals surface area contributed by atoms with Crippen LogP contribution in [0.25, 0.3) is 0 Å². The van der Waals surface area contributed by atoms with Gasteiger partial charge < -0.3 is 15.0 Å². The van der Waals surface area contributed by atoms with E-state index in [1.54, 1.807) is 16.5 Å². The van der Waals surface area contributed by atoms with Gasteiger partial charge >= 0.3 is 5.97 Å². The average molecular weight is 460 g/mol. The summed E-state index contributed by atoms with van der Waals surface area (Å²) in [6.45, 7) is 9.78. The lowest BCUT2D eigenvalue weighted by Gasteiger charge is -2.35. The summed E-state index contributed by atoms with van der Waals surface area (Å²) >= 11 is 0. The lowest BCUT2D eigenvalue weighted by atomic mass is 9.94. The van der Waals surface area contributed by atoms with Crippen LogP contribution in [0.5, 0.6) is 0 Å². The van der Waals surface area contributed by atoms with Gasteiger partial charge in [0.2, 0.25) is 11.9 Å². The molecule has 0 saturated heterocycles. The van der Waals surface area contributed by atoms with Gasteiger partial charge in [-0.2, -0.15) is 10.1 Å². The van der Waals surface area contributed by atoms with Gasteiger partial charge in [-0.1, -0.05) is 47.5 Å². The fraction of sp³-hybridized carbons (Fsp3) is 0.308. The molecule has 1 atom stereocenters. The average Bonchev–Trinajstić information content (AvgIpc) is 3.27. The van der Waals surface area contributed by atoms with Crippen molar-refractivity contribution in [2.75, 3.05) is 23.4 Å². The Morgan fingerprint density at radius 1 is 1.03 bits per heavy atom. The standard InChI is InChI=1S/C26H29N5O3/c1-6-34-25(33)23-19(5)30(14-22(32)29-21-12-9-17(3)13-18(21)4)26-27-15-28-31(26)24(23)20-10-7-16(2)8-11-20/h7-13,15,24H,6,14H2,1-5H3,(H,29,32)/t24-/m0/s1. The van der Waals surface area contributed by atoms with E-state index >= 15 is 0 Å². The molecule has 1 aromatic heterocycles. The number of benzene rings is 2. The summed E-state index contributed by atoms with van der Waals surface area (Å²) in [5.74, 6) is -0.170. The molecular weight excluding hydrogens is 430 g/mol. The van der Waals surface area contributed by atoms with E-state index in [-0.39, 0.29) is 19.1 Å². The Bertz CT molecular complexity index is 1260. The Morgan fingerprint density at radius 2 is 1.74 bits per heavy atom. The molecule has 2 aromatic carbocycles. The van der Waals surface area contributed by atoms with Crippen LogP contribution in [0.4, 0.5) is 11.6 Å². The highest BCUT2D eigenvalue weighted by Crippen LogP contribution is 2.38. The summed E-state index contributed by atoms with van der Waals surface area (Å²) in [5, 5.41) is 7.39. The van der Waals surface area contributed by atoms with E-state index in [1.165, 1.54) is 6.33 Å². The Labute approximate surface area is 199 Å². The monoisotopic (exact) mass is 459 g/mol.